The number of fused-ring (bicyclic) bond motifs is 1. The number of carbonyl (C=O) groups excluding carboxylic acids is 2. The lowest BCUT2D eigenvalue weighted by molar-refractivity contribution is -0.213. The number of phenols is 2. The van der Waals surface area contributed by atoms with Gasteiger partial charge in [-0.15, -0.1) is 6.58 Å². The smallest absolute Gasteiger partial charge is 0.342 e. The quantitative estimate of drug-likeness (QED) is 0.135. The molecule has 0 saturated carbocycles. The second-order valence-corrected chi connectivity index (χ2v) is 12.9. The summed E-state index contributed by atoms with van der Waals surface area (Å²) in [5.74, 6) is -1.87. The first kappa shape index (κ1) is 34.8. The molecule has 2 heterocycles. The van der Waals surface area contributed by atoms with Crippen LogP contribution in [0.15, 0.2) is 18.2 Å². The molecule has 2 aliphatic heterocycles. The molecule has 11 nitrogen and oxygen atoms in total. The number of esters is 1. The predicted molar refractivity (Wildman–Crippen MR) is 159 cm³/mol. The fourth-order valence-corrected chi connectivity index (χ4v) is 6.04. The van der Waals surface area contributed by atoms with Crippen molar-refractivity contribution in [2.75, 3.05) is 14.2 Å². The number of amides is 1. The van der Waals surface area contributed by atoms with Gasteiger partial charge in [0.2, 0.25) is 0 Å². The fourth-order valence-electron chi connectivity index (χ4n) is 6.04. The van der Waals surface area contributed by atoms with Crippen LogP contribution in [0.5, 0.6) is 11.5 Å². The average Bonchev–Trinajstić information content (AvgIpc) is 2.94. The summed E-state index contributed by atoms with van der Waals surface area (Å²) in [6.07, 6.45) is -4.26. The molecule has 1 fully saturated rings. The van der Waals surface area contributed by atoms with Crippen molar-refractivity contribution in [1.29, 1.82) is 0 Å². The monoisotopic (exact) mass is 607 g/mol. The molecule has 5 N–H and O–H groups in total. The molecule has 1 aromatic rings. The van der Waals surface area contributed by atoms with Crippen molar-refractivity contribution in [3.8, 4) is 11.5 Å². The van der Waals surface area contributed by atoms with Crippen LogP contribution in [-0.2, 0) is 30.2 Å². The Labute approximate surface area is 254 Å². The number of hydrogen-bond acceptors (Lipinski definition) is 10. The Bertz CT molecular complexity index is 1180. The van der Waals surface area contributed by atoms with Crippen molar-refractivity contribution >= 4 is 11.9 Å². The molecule has 0 aliphatic carbocycles. The van der Waals surface area contributed by atoms with Gasteiger partial charge >= 0.3 is 5.97 Å². The third kappa shape index (κ3) is 7.51. The number of cyclic esters (lactones) is 1. The van der Waals surface area contributed by atoms with Crippen LogP contribution in [0.3, 0.4) is 0 Å². The lowest BCUT2D eigenvalue weighted by atomic mass is 9.71. The minimum atomic E-state index is -1.46. The van der Waals surface area contributed by atoms with E-state index in [2.05, 4.69) is 11.9 Å². The minimum absolute atomic E-state index is 0.0391. The maximum atomic E-state index is 12.9. The van der Waals surface area contributed by atoms with E-state index >= 15 is 0 Å². The van der Waals surface area contributed by atoms with E-state index in [9.17, 15) is 30.0 Å². The van der Waals surface area contributed by atoms with Gasteiger partial charge in [0.05, 0.1) is 18.3 Å². The number of aliphatic hydroxyl groups excluding tert-OH is 2. The molecule has 3 rings (SSSR count). The molecule has 11 heteroatoms. The Kier molecular flexibility index (Phi) is 11.3. The van der Waals surface area contributed by atoms with Crippen LogP contribution in [0, 0.1) is 24.2 Å². The highest BCUT2D eigenvalue weighted by atomic mass is 16.6. The van der Waals surface area contributed by atoms with Gasteiger partial charge in [0.25, 0.3) is 5.91 Å². The van der Waals surface area contributed by atoms with Crippen molar-refractivity contribution in [2.24, 2.45) is 17.3 Å². The van der Waals surface area contributed by atoms with E-state index in [0.717, 1.165) is 11.6 Å². The highest BCUT2D eigenvalue weighted by molar-refractivity contribution is 5.96. The number of benzene rings is 1. The van der Waals surface area contributed by atoms with Crippen LogP contribution in [0.4, 0.5) is 0 Å². The Hall–Kier alpha value is -2.70. The van der Waals surface area contributed by atoms with Crippen LogP contribution < -0.4 is 5.32 Å². The molecule has 0 radical (unpaired) electrons. The highest BCUT2D eigenvalue weighted by Gasteiger charge is 2.48. The van der Waals surface area contributed by atoms with Crippen LogP contribution in [-0.4, -0.2) is 89.4 Å². The second-order valence-electron chi connectivity index (χ2n) is 12.9. The van der Waals surface area contributed by atoms with Gasteiger partial charge < -0.3 is 44.7 Å². The number of phenolic OH excluding ortho intramolecular Hbond substituents is 2. The minimum Gasteiger partial charge on any atom is -0.508 e. The van der Waals surface area contributed by atoms with Crippen LogP contribution in [0.2, 0.25) is 0 Å². The highest BCUT2D eigenvalue weighted by Crippen LogP contribution is 2.43. The van der Waals surface area contributed by atoms with Crippen LogP contribution >= 0.6 is 0 Å². The molecule has 9 atom stereocenters. The number of hydrogen-bond donors (Lipinski definition) is 5. The zero-order chi connectivity index (χ0) is 32.4. The van der Waals surface area contributed by atoms with Crippen molar-refractivity contribution in [3.63, 3.8) is 0 Å². The number of methoxy groups -OCH3 is 2. The van der Waals surface area contributed by atoms with E-state index < -0.39 is 60.1 Å². The summed E-state index contributed by atoms with van der Waals surface area (Å²) < 4.78 is 23.1. The molecule has 0 aromatic heterocycles. The van der Waals surface area contributed by atoms with E-state index in [1.165, 1.54) is 14.2 Å². The Balaban J connectivity index is 1.73. The topological polar surface area (TPSA) is 164 Å². The van der Waals surface area contributed by atoms with Crippen molar-refractivity contribution in [3.05, 3.63) is 34.9 Å². The van der Waals surface area contributed by atoms with Crippen molar-refractivity contribution < 1.29 is 49.0 Å². The molecule has 2 aliphatic rings. The van der Waals surface area contributed by atoms with E-state index in [-0.39, 0.29) is 35.3 Å². The Morgan fingerprint density at radius 3 is 2.42 bits per heavy atom. The fraction of sp³-hybridized carbons (Fsp3) is 0.688. The number of carbonyl (C=O) groups is 2. The number of aromatic hydroxyl groups is 2. The SMILES string of the molecule is C=C(C)CC(OC)[C@H](O)C(=O)NC(OC)C1C[C@@H](O)C(C)(C)[C@@H](C[C@H](C)C(C)[C@H]2Cc3c(C)c(O)cc(O)c3C(=O)O2)O1. The number of aliphatic hydroxyl groups is 2. The van der Waals surface area contributed by atoms with E-state index in [1.54, 1.807) is 13.8 Å². The van der Waals surface area contributed by atoms with Crippen LogP contribution in [0.25, 0.3) is 0 Å². The van der Waals surface area contributed by atoms with E-state index in [4.69, 9.17) is 18.9 Å². The molecule has 4 unspecified atom stereocenters. The summed E-state index contributed by atoms with van der Waals surface area (Å²) in [5.41, 5.74) is 1.31. The number of rotatable bonds is 12. The van der Waals surface area contributed by atoms with Gasteiger partial charge in [-0.25, -0.2) is 4.79 Å². The van der Waals surface area contributed by atoms with Crippen molar-refractivity contribution in [1.82, 2.24) is 5.32 Å². The molecular formula is C32H49NO10. The normalized spacial score (nSPS) is 26.8. The second kappa shape index (κ2) is 13.9. The molecule has 1 saturated heterocycles. The first-order valence-electron chi connectivity index (χ1n) is 14.8. The third-order valence-corrected chi connectivity index (χ3v) is 9.44. The molecular weight excluding hydrogens is 558 g/mol. The number of ether oxygens (including phenoxy) is 4. The third-order valence-electron chi connectivity index (χ3n) is 9.44. The van der Waals surface area contributed by atoms with Crippen molar-refractivity contribution in [2.45, 2.75) is 110 Å². The summed E-state index contributed by atoms with van der Waals surface area (Å²) in [5, 5.41) is 44.9. The maximum absolute atomic E-state index is 12.9. The average molecular weight is 608 g/mol. The van der Waals surface area contributed by atoms with Crippen LogP contribution in [0.1, 0.15) is 75.4 Å². The summed E-state index contributed by atoms with van der Waals surface area (Å²) in [7, 11) is 2.83. The summed E-state index contributed by atoms with van der Waals surface area (Å²) in [4.78, 5) is 25.8. The molecule has 242 valence electrons. The molecule has 1 aromatic carbocycles. The van der Waals surface area contributed by atoms with Gasteiger partial charge in [-0.1, -0.05) is 33.3 Å². The number of nitrogens with one attached hydrogen (secondary N) is 1. The van der Waals surface area contributed by atoms with Gasteiger partial charge in [0, 0.05) is 38.5 Å². The largest absolute Gasteiger partial charge is 0.508 e. The first-order valence-corrected chi connectivity index (χ1v) is 14.8. The standard InChI is InChI=1S/C32H49NO10/c1-15(2)10-23(40-8)28(37)29(38)33-30(41-9)24-14-25(36)32(6,7)26(42-24)11-16(3)17(4)22-12-19-18(5)20(34)13-21(35)27(19)31(39)43-22/h13,16-17,22-26,28,30,34-37H,1,10-12,14H2,2-9H3,(H,33,38)/t16-,17?,22+,23?,24?,25+,26+,28-,30?/m0/s1. The molecule has 0 spiro atoms. The van der Waals surface area contributed by atoms with Gasteiger partial charge in [-0.05, 0) is 49.7 Å². The summed E-state index contributed by atoms with van der Waals surface area (Å²) in [6, 6.07) is 1.15. The maximum Gasteiger partial charge on any atom is 0.342 e. The molecule has 43 heavy (non-hydrogen) atoms. The lowest BCUT2D eigenvalue weighted by Crippen LogP contribution is -2.59. The predicted octanol–water partition coefficient (Wildman–Crippen LogP) is 3.13. The lowest BCUT2D eigenvalue weighted by Gasteiger charge is -2.48. The zero-order valence-electron chi connectivity index (χ0n) is 26.5. The van der Waals surface area contributed by atoms with Gasteiger partial charge in [0.15, 0.2) is 12.3 Å². The molecule has 0 bridgehead atoms. The van der Waals surface area contributed by atoms with E-state index in [0.29, 0.717) is 30.4 Å². The Morgan fingerprint density at radius 1 is 1.19 bits per heavy atom. The summed E-state index contributed by atoms with van der Waals surface area (Å²) >= 11 is 0. The Morgan fingerprint density at radius 2 is 1.84 bits per heavy atom. The zero-order valence-corrected chi connectivity index (χ0v) is 26.5. The molecule has 1 amide bonds. The summed E-state index contributed by atoms with van der Waals surface area (Å²) in [6.45, 7) is 15.1. The van der Waals surface area contributed by atoms with Gasteiger partial charge in [-0.2, -0.15) is 0 Å². The van der Waals surface area contributed by atoms with E-state index in [1.807, 2.05) is 27.7 Å². The van der Waals surface area contributed by atoms with Gasteiger partial charge in [-0.3, -0.25) is 4.79 Å². The first-order chi connectivity index (χ1) is 20.0. The van der Waals surface area contributed by atoms with Gasteiger partial charge in [0.1, 0.15) is 29.3 Å².